The average molecular weight is 333 g/mol. The minimum absolute atomic E-state index is 0.0176. The summed E-state index contributed by atoms with van der Waals surface area (Å²) in [7, 11) is 2.03. The maximum absolute atomic E-state index is 13.0. The molecule has 2 fully saturated rings. The number of fused-ring (bicyclic) bond motifs is 1. The van der Waals surface area contributed by atoms with Gasteiger partial charge in [0.25, 0.3) is 5.91 Å². The first-order valence-corrected chi connectivity index (χ1v) is 8.18. The standard InChI is InChI=1S/C16H19N3O3S/c1-3-19-14(20)16(17-15(19)23)8-18(2)7-11(16)10-4-5-12-13(6-10)22-9-21-12/h4-6,11H,3,7-9H2,1-2H3,(H,17,23)/t11-,16-/m0/s1. The Hall–Kier alpha value is -1.86. The van der Waals surface area contributed by atoms with Crippen LogP contribution in [0.3, 0.4) is 0 Å². The highest BCUT2D eigenvalue weighted by molar-refractivity contribution is 7.80. The molecule has 0 aromatic heterocycles. The van der Waals surface area contributed by atoms with Crippen LogP contribution in [0.2, 0.25) is 0 Å². The summed E-state index contributed by atoms with van der Waals surface area (Å²) < 4.78 is 10.9. The number of hydrogen-bond donors (Lipinski definition) is 1. The first-order valence-electron chi connectivity index (χ1n) is 7.77. The summed E-state index contributed by atoms with van der Waals surface area (Å²) in [5, 5.41) is 3.85. The van der Waals surface area contributed by atoms with Gasteiger partial charge in [0.2, 0.25) is 6.79 Å². The van der Waals surface area contributed by atoms with Gasteiger partial charge in [-0.05, 0) is 43.9 Å². The molecule has 1 aromatic carbocycles. The van der Waals surface area contributed by atoms with Gasteiger partial charge in [0.15, 0.2) is 16.6 Å². The first-order chi connectivity index (χ1) is 11.0. The van der Waals surface area contributed by atoms with Crippen molar-refractivity contribution in [1.82, 2.24) is 15.1 Å². The molecule has 0 bridgehead atoms. The van der Waals surface area contributed by atoms with Crippen molar-refractivity contribution >= 4 is 23.2 Å². The maximum atomic E-state index is 13.0. The van der Waals surface area contributed by atoms with Crippen LogP contribution in [0, 0.1) is 0 Å². The number of benzene rings is 1. The topological polar surface area (TPSA) is 54.0 Å². The zero-order chi connectivity index (χ0) is 16.2. The number of nitrogens with one attached hydrogen (secondary N) is 1. The Morgan fingerprint density at radius 3 is 2.91 bits per heavy atom. The fourth-order valence-electron chi connectivity index (χ4n) is 3.86. The SMILES string of the molecule is CCN1C(=O)[C@@]2(CN(C)C[C@H]2c2ccc3c(c2)OCO3)NC1=S. The Balaban J connectivity index is 1.75. The van der Waals surface area contributed by atoms with Crippen LogP contribution in [0.5, 0.6) is 11.5 Å². The second-order valence-corrected chi connectivity index (χ2v) is 6.70. The molecule has 1 aromatic rings. The Labute approximate surface area is 140 Å². The Kier molecular flexibility index (Phi) is 3.24. The number of amides is 1. The Morgan fingerprint density at radius 1 is 1.39 bits per heavy atom. The molecule has 2 atom stereocenters. The van der Waals surface area contributed by atoms with Gasteiger partial charge in [-0.15, -0.1) is 0 Å². The van der Waals surface area contributed by atoms with Crippen LogP contribution in [0.25, 0.3) is 0 Å². The molecule has 3 aliphatic heterocycles. The molecule has 3 aliphatic rings. The van der Waals surface area contributed by atoms with Crippen molar-refractivity contribution in [1.29, 1.82) is 0 Å². The van der Waals surface area contributed by atoms with E-state index in [1.807, 2.05) is 32.2 Å². The smallest absolute Gasteiger partial charge is 0.256 e. The maximum Gasteiger partial charge on any atom is 0.256 e. The van der Waals surface area contributed by atoms with Gasteiger partial charge in [-0.3, -0.25) is 9.69 Å². The predicted molar refractivity (Wildman–Crippen MR) is 88.7 cm³/mol. The summed E-state index contributed by atoms with van der Waals surface area (Å²) in [5.41, 5.74) is 0.385. The molecular weight excluding hydrogens is 314 g/mol. The lowest BCUT2D eigenvalue weighted by atomic mass is 9.81. The number of carbonyl (C=O) groups is 1. The highest BCUT2D eigenvalue weighted by Crippen LogP contribution is 2.43. The van der Waals surface area contributed by atoms with E-state index in [1.54, 1.807) is 4.90 Å². The molecule has 7 heteroatoms. The Morgan fingerprint density at radius 2 is 2.17 bits per heavy atom. The molecule has 1 amide bonds. The van der Waals surface area contributed by atoms with Gasteiger partial charge >= 0.3 is 0 Å². The second kappa shape index (κ2) is 5.07. The predicted octanol–water partition coefficient (Wildman–Crippen LogP) is 0.920. The number of likely N-dealkylation sites (tertiary alicyclic amines) is 1. The largest absolute Gasteiger partial charge is 0.454 e. The summed E-state index contributed by atoms with van der Waals surface area (Å²) in [4.78, 5) is 16.9. The van der Waals surface area contributed by atoms with Crippen molar-refractivity contribution < 1.29 is 14.3 Å². The second-order valence-electron chi connectivity index (χ2n) is 6.31. The molecule has 2 saturated heterocycles. The van der Waals surface area contributed by atoms with E-state index >= 15 is 0 Å². The van der Waals surface area contributed by atoms with Crippen LogP contribution < -0.4 is 14.8 Å². The molecule has 4 rings (SSSR count). The van der Waals surface area contributed by atoms with Gasteiger partial charge in [0.05, 0.1) is 0 Å². The minimum Gasteiger partial charge on any atom is -0.454 e. The minimum atomic E-state index is -0.685. The molecule has 6 nitrogen and oxygen atoms in total. The van der Waals surface area contributed by atoms with Gasteiger partial charge in [0.1, 0.15) is 5.54 Å². The molecular formula is C16H19N3O3S. The number of ether oxygens (including phenoxy) is 2. The quantitative estimate of drug-likeness (QED) is 0.813. The first kappa shape index (κ1) is 14.7. The van der Waals surface area contributed by atoms with Crippen LogP contribution in [0.1, 0.15) is 18.4 Å². The molecule has 0 unspecified atom stereocenters. The number of nitrogens with zero attached hydrogens (tertiary/aromatic N) is 2. The average Bonchev–Trinajstić information content (AvgIpc) is 3.17. The van der Waals surface area contributed by atoms with Crippen LogP contribution in [-0.4, -0.2) is 59.8 Å². The van der Waals surface area contributed by atoms with Gasteiger partial charge in [-0.2, -0.15) is 0 Å². The third-order valence-electron chi connectivity index (χ3n) is 4.93. The van der Waals surface area contributed by atoms with E-state index in [0.717, 1.165) is 23.6 Å². The monoisotopic (exact) mass is 333 g/mol. The lowest BCUT2D eigenvalue weighted by Gasteiger charge is -2.28. The zero-order valence-electron chi connectivity index (χ0n) is 13.2. The van der Waals surface area contributed by atoms with Crippen molar-refractivity contribution in [3.05, 3.63) is 23.8 Å². The van der Waals surface area contributed by atoms with Gasteiger partial charge in [-0.25, -0.2) is 0 Å². The molecule has 0 aliphatic carbocycles. The summed E-state index contributed by atoms with van der Waals surface area (Å²) in [5.74, 6) is 1.58. The number of thiocarbonyl (C=S) groups is 1. The highest BCUT2D eigenvalue weighted by Gasteiger charge is 2.58. The molecule has 3 heterocycles. The van der Waals surface area contributed by atoms with Crippen molar-refractivity contribution in [3.8, 4) is 11.5 Å². The molecule has 1 N–H and O–H groups in total. The lowest BCUT2D eigenvalue weighted by Crippen LogP contribution is -2.52. The van der Waals surface area contributed by atoms with E-state index < -0.39 is 5.54 Å². The normalized spacial score (nSPS) is 29.7. The third-order valence-corrected chi connectivity index (χ3v) is 5.25. The van der Waals surface area contributed by atoms with Crippen molar-refractivity contribution in [2.75, 3.05) is 33.5 Å². The molecule has 0 saturated carbocycles. The van der Waals surface area contributed by atoms with Gasteiger partial charge in [0, 0.05) is 25.6 Å². The van der Waals surface area contributed by atoms with E-state index in [2.05, 4.69) is 10.2 Å². The zero-order valence-corrected chi connectivity index (χ0v) is 14.0. The Bertz CT molecular complexity index is 695. The highest BCUT2D eigenvalue weighted by atomic mass is 32.1. The molecule has 1 spiro atoms. The van der Waals surface area contributed by atoms with Gasteiger partial charge < -0.3 is 19.7 Å². The van der Waals surface area contributed by atoms with Crippen LogP contribution >= 0.6 is 12.2 Å². The fourth-order valence-corrected chi connectivity index (χ4v) is 4.26. The number of rotatable bonds is 2. The van der Waals surface area contributed by atoms with Crippen molar-refractivity contribution in [3.63, 3.8) is 0 Å². The van der Waals surface area contributed by atoms with Gasteiger partial charge in [-0.1, -0.05) is 6.07 Å². The van der Waals surface area contributed by atoms with E-state index in [0.29, 0.717) is 18.2 Å². The molecule has 23 heavy (non-hydrogen) atoms. The molecule has 0 radical (unpaired) electrons. The van der Waals surface area contributed by atoms with E-state index in [4.69, 9.17) is 21.7 Å². The third kappa shape index (κ3) is 2.03. The number of likely N-dealkylation sites (N-methyl/N-ethyl adjacent to an activating group) is 2. The molecule has 122 valence electrons. The van der Waals surface area contributed by atoms with Crippen molar-refractivity contribution in [2.45, 2.75) is 18.4 Å². The summed E-state index contributed by atoms with van der Waals surface area (Å²) >= 11 is 5.38. The van der Waals surface area contributed by atoms with Crippen LogP contribution in [0.15, 0.2) is 18.2 Å². The van der Waals surface area contributed by atoms with E-state index in [9.17, 15) is 4.79 Å². The fraction of sp³-hybridized carbons (Fsp3) is 0.500. The number of carbonyl (C=O) groups excluding carboxylic acids is 1. The summed E-state index contributed by atoms with van der Waals surface area (Å²) in [6.45, 7) is 4.21. The van der Waals surface area contributed by atoms with E-state index in [1.165, 1.54) is 0 Å². The van der Waals surface area contributed by atoms with Crippen molar-refractivity contribution in [2.24, 2.45) is 0 Å². The lowest BCUT2D eigenvalue weighted by molar-refractivity contribution is -0.130. The van der Waals surface area contributed by atoms with Crippen LogP contribution in [-0.2, 0) is 4.79 Å². The van der Waals surface area contributed by atoms with E-state index in [-0.39, 0.29) is 18.6 Å². The van der Waals surface area contributed by atoms with Crippen LogP contribution in [0.4, 0.5) is 0 Å². The summed E-state index contributed by atoms with van der Waals surface area (Å²) in [6, 6.07) is 5.92. The number of hydrogen-bond acceptors (Lipinski definition) is 5. The summed E-state index contributed by atoms with van der Waals surface area (Å²) in [6.07, 6.45) is 0.